The maximum atomic E-state index is 12.2. The Hall–Kier alpha value is -1.55. The third-order valence-corrected chi connectivity index (χ3v) is 4.92. The van der Waals surface area contributed by atoms with Gasteiger partial charge in [-0.3, -0.25) is 4.79 Å². The molecule has 2 atom stereocenters. The zero-order valence-corrected chi connectivity index (χ0v) is 14.3. The summed E-state index contributed by atoms with van der Waals surface area (Å²) in [6.07, 6.45) is 3.24. The van der Waals surface area contributed by atoms with Gasteiger partial charge < -0.3 is 15.0 Å². The number of amides is 1. The van der Waals surface area contributed by atoms with Crippen LogP contribution in [-0.4, -0.2) is 36.5 Å². The van der Waals surface area contributed by atoms with Crippen LogP contribution in [0.25, 0.3) is 0 Å². The number of rotatable bonds is 6. The van der Waals surface area contributed by atoms with Gasteiger partial charge in [0.05, 0.1) is 6.61 Å². The number of ether oxygens (including phenoxy) is 1. The summed E-state index contributed by atoms with van der Waals surface area (Å²) in [5.74, 6) is 2.17. The molecule has 1 aliphatic heterocycles. The zero-order chi connectivity index (χ0) is 16.2. The minimum Gasteiger partial charge on any atom is -0.494 e. The van der Waals surface area contributed by atoms with Gasteiger partial charge >= 0.3 is 0 Å². The van der Waals surface area contributed by atoms with Crippen LogP contribution in [0.15, 0.2) is 24.3 Å². The Bertz CT molecular complexity index is 542. The lowest BCUT2D eigenvalue weighted by molar-refractivity contribution is -0.134. The van der Waals surface area contributed by atoms with Gasteiger partial charge in [-0.1, -0.05) is 19.1 Å². The number of nitrogens with zero attached hydrogens (tertiary/aromatic N) is 1. The molecule has 2 unspecified atom stereocenters. The van der Waals surface area contributed by atoms with Crippen LogP contribution in [0.5, 0.6) is 5.75 Å². The molecule has 0 spiro atoms. The Kier molecular flexibility index (Phi) is 5.21. The Balaban J connectivity index is 1.49. The van der Waals surface area contributed by atoms with E-state index in [1.165, 1.54) is 5.56 Å². The smallest absolute Gasteiger partial charge is 0.225 e. The first-order chi connectivity index (χ1) is 11.2. The summed E-state index contributed by atoms with van der Waals surface area (Å²) in [5.41, 5.74) is 1.25. The Morgan fingerprint density at radius 2 is 2.17 bits per heavy atom. The lowest BCUT2D eigenvalue weighted by atomic mass is 9.93. The quantitative estimate of drug-likeness (QED) is 0.877. The Morgan fingerprint density at radius 3 is 2.87 bits per heavy atom. The standard InChI is InChI=1S/C19H28N2O2/c1-3-23-17-6-4-5-15(11-17)12-20-18-9-10-21(13-14(18)2)19(22)16-7-8-16/h4-6,11,14,16,18,20H,3,7-10,12-13H2,1-2H3. The van der Waals surface area contributed by atoms with Crippen LogP contribution in [0.1, 0.15) is 38.7 Å². The SMILES string of the molecule is CCOc1cccc(CNC2CCN(C(=O)C3CC3)CC2C)c1. The van der Waals surface area contributed by atoms with Crippen LogP contribution in [0.4, 0.5) is 0 Å². The predicted octanol–water partition coefficient (Wildman–Crippen LogP) is 2.82. The number of hydrogen-bond acceptors (Lipinski definition) is 3. The van der Waals surface area contributed by atoms with Crippen molar-refractivity contribution < 1.29 is 9.53 Å². The van der Waals surface area contributed by atoms with Crippen molar-refractivity contribution in [2.24, 2.45) is 11.8 Å². The molecule has 1 saturated heterocycles. The summed E-state index contributed by atoms with van der Waals surface area (Å²) in [6.45, 7) is 7.60. The van der Waals surface area contributed by atoms with E-state index in [1.54, 1.807) is 0 Å². The molecular formula is C19H28N2O2. The highest BCUT2D eigenvalue weighted by Gasteiger charge is 2.36. The molecule has 1 aromatic carbocycles. The molecule has 1 aliphatic carbocycles. The molecule has 3 rings (SSSR count). The molecule has 1 heterocycles. The molecule has 1 aromatic rings. The molecule has 0 radical (unpaired) electrons. The number of carbonyl (C=O) groups excluding carboxylic acids is 1. The van der Waals surface area contributed by atoms with E-state index in [0.29, 0.717) is 30.4 Å². The molecule has 0 bridgehead atoms. The van der Waals surface area contributed by atoms with Crippen molar-refractivity contribution in [1.82, 2.24) is 10.2 Å². The van der Waals surface area contributed by atoms with Gasteiger partial charge in [0.2, 0.25) is 5.91 Å². The third kappa shape index (κ3) is 4.25. The summed E-state index contributed by atoms with van der Waals surface area (Å²) in [7, 11) is 0. The van der Waals surface area contributed by atoms with Crippen molar-refractivity contribution in [2.45, 2.75) is 45.7 Å². The first kappa shape index (κ1) is 16.3. The Labute approximate surface area is 139 Å². The van der Waals surface area contributed by atoms with E-state index in [4.69, 9.17) is 4.74 Å². The molecule has 1 amide bonds. The molecule has 4 heteroatoms. The number of carbonyl (C=O) groups is 1. The van der Waals surface area contributed by atoms with Crippen LogP contribution >= 0.6 is 0 Å². The first-order valence-electron chi connectivity index (χ1n) is 8.91. The molecule has 1 N–H and O–H groups in total. The zero-order valence-electron chi connectivity index (χ0n) is 14.3. The summed E-state index contributed by atoms with van der Waals surface area (Å²) in [6, 6.07) is 8.76. The molecule has 126 valence electrons. The van der Waals surface area contributed by atoms with Crippen LogP contribution < -0.4 is 10.1 Å². The molecule has 2 fully saturated rings. The average Bonchev–Trinajstić information content (AvgIpc) is 3.38. The highest BCUT2D eigenvalue weighted by atomic mass is 16.5. The number of nitrogens with one attached hydrogen (secondary N) is 1. The second-order valence-electron chi connectivity index (χ2n) is 6.89. The van der Waals surface area contributed by atoms with Crippen LogP contribution in [0.3, 0.4) is 0 Å². The van der Waals surface area contributed by atoms with Gasteiger partial charge in [-0.25, -0.2) is 0 Å². The molecule has 1 saturated carbocycles. The summed E-state index contributed by atoms with van der Waals surface area (Å²) in [5, 5.41) is 3.67. The fourth-order valence-corrected chi connectivity index (χ4v) is 3.40. The van der Waals surface area contributed by atoms with E-state index in [-0.39, 0.29) is 0 Å². The fourth-order valence-electron chi connectivity index (χ4n) is 3.40. The van der Waals surface area contributed by atoms with Crippen LogP contribution in [0.2, 0.25) is 0 Å². The maximum Gasteiger partial charge on any atom is 0.225 e. The molecule has 4 nitrogen and oxygen atoms in total. The molecular weight excluding hydrogens is 288 g/mol. The largest absolute Gasteiger partial charge is 0.494 e. The molecule has 2 aliphatic rings. The number of likely N-dealkylation sites (tertiary alicyclic amines) is 1. The van der Waals surface area contributed by atoms with Gasteiger partial charge in [0, 0.05) is 31.6 Å². The number of benzene rings is 1. The highest BCUT2D eigenvalue weighted by molar-refractivity contribution is 5.81. The van der Waals surface area contributed by atoms with E-state index in [0.717, 1.165) is 44.6 Å². The van der Waals surface area contributed by atoms with E-state index in [1.807, 2.05) is 19.1 Å². The van der Waals surface area contributed by atoms with E-state index < -0.39 is 0 Å². The molecule has 0 aromatic heterocycles. The van der Waals surface area contributed by atoms with Gasteiger partial charge in [-0.15, -0.1) is 0 Å². The fraction of sp³-hybridized carbons (Fsp3) is 0.632. The van der Waals surface area contributed by atoms with E-state index in [9.17, 15) is 4.79 Å². The minimum absolute atomic E-state index is 0.341. The number of hydrogen-bond donors (Lipinski definition) is 1. The topological polar surface area (TPSA) is 41.6 Å². The van der Waals surface area contributed by atoms with Gasteiger partial charge in [-0.05, 0) is 49.8 Å². The normalized spacial score (nSPS) is 24.5. The van der Waals surface area contributed by atoms with Crippen molar-refractivity contribution in [1.29, 1.82) is 0 Å². The van der Waals surface area contributed by atoms with Gasteiger partial charge in [-0.2, -0.15) is 0 Å². The second kappa shape index (κ2) is 7.35. The third-order valence-electron chi connectivity index (χ3n) is 4.92. The summed E-state index contributed by atoms with van der Waals surface area (Å²) < 4.78 is 5.56. The summed E-state index contributed by atoms with van der Waals surface area (Å²) >= 11 is 0. The lowest BCUT2D eigenvalue weighted by Gasteiger charge is -2.37. The van der Waals surface area contributed by atoms with Crippen molar-refractivity contribution in [3.05, 3.63) is 29.8 Å². The van der Waals surface area contributed by atoms with Crippen LogP contribution in [0, 0.1) is 11.8 Å². The molecule has 23 heavy (non-hydrogen) atoms. The van der Waals surface area contributed by atoms with E-state index >= 15 is 0 Å². The van der Waals surface area contributed by atoms with Crippen LogP contribution in [-0.2, 0) is 11.3 Å². The van der Waals surface area contributed by atoms with Crippen molar-refractivity contribution >= 4 is 5.91 Å². The predicted molar refractivity (Wildman–Crippen MR) is 91.3 cm³/mol. The second-order valence-corrected chi connectivity index (χ2v) is 6.89. The van der Waals surface area contributed by atoms with Crippen molar-refractivity contribution in [3.63, 3.8) is 0 Å². The van der Waals surface area contributed by atoms with Crippen molar-refractivity contribution in [2.75, 3.05) is 19.7 Å². The first-order valence-corrected chi connectivity index (χ1v) is 8.91. The number of piperidine rings is 1. The van der Waals surface area contributed by atoms with Gasteiger partial charge in [0.1, 0.15) is 5.75 Å². The van der Waals surface area contributed by atoms with Gasteiger partial charge in [0.15, 0.2) is 0 Å². The summed E-state index contributed by atoms with van der Waals surface area (Å²) in [4.78, 5) is 14.3. The average molecular weight is 316 g/mol. The maximum absolute atomic E-state index is 12.2. The van der Waals surface area contributed by atoms with Crippen molar-refractivity contribution in [3.8, 4) is 5.75 Å². The lowest BCUT2D eigenvalue weighted by Crippen LogP contribution is -2.50. The highest BCUT2D eigenvalue weighted by Crippen LogP contribution is 2.32. The monoisotopic (exact) mass is 316 g/mol. The Morgan fingerprint density at radius 1 is 1.35 bits per heavy atom. The van der Waals surface area contributed by atoms with Gasteiger partial charge in [0.25, 0.3) is 0 Å². The minimum atomic E-state index is 0.341. The van der Waals surface area contributed by atoms with E-state index in [2.05, 4.69) is 29.3 Å².